The Morgan fingerprint density at radius 1 is 1.35 bits per heavy atom. The number of ether oxygens (including phenoxy) is 1. The summed E-state index contributed by atoms with van der Waals surface area (Å²) in [6.45, 7) is 5.95. The number of hydrogen-bond donors (Lipinski definition) is 1. The Bertz CT molecular complexity index is 386. The average molecular weight is 234 g/mol. The van der Waals surface area contributed by atoms with E-state index in [1.54, 1.807) is 6.92 Å². The SMILES string of the molecule is CCOC(=O)/C(=N\Nc1ccccc1)C(C)C. The molecule has 0 unspecified atom stereocenters. The first kappa shape index (κ1) is 13.2. The first-order valence-electron chi connectivity index (χ1n) is 5.71. The lowest BCUT2D eigenvalue weighted by molar-refractivity contribution is -0.135. The molecule has 1 aromatic carbocycles. The van der Waals surface area contributed by atoms with Crippen LogP contribution in [0.15, 0.2) is 35.4 Å². The molecule has 1 aromatic rings. The Hall–Kier alpha value is -1.84. The predicted molar refractivity (Wildman–Crippen MR) is 69.0 cm³/mol. The zero-order chi connectivity index (χ0) is 12.7. The normalized spacial score (nSPS) is 11.4. The van der Waals surface area contributed by atoms with E-state index in [2.05, 4.69) is 10.5 Å². The van der Waals surface area contributed by atoms with Crippen LogP contribution in [-0.2, 0) is 9.53 Å². The topological polar surface area (TPSA) is 50.7 Å². The number of hydrogen-bond acceptors (Lipinski definition) is 4. The van der Waals surface area contributed by atoms with Crippen LogP contribution in [0.1, 0.15) is 20.8 Å². The fourth-order valence-corrected chi connectivity index (χ4v) is 1.25. The first-order valence-corrected chi connectivity index (χ1v) is 5.71. The van der Waals surface area contributed by atoms with Crippen molar-refractivity contribution in [2.45, 2.75) is 20.8 Å². The number of anilines is 1. The molecule has 17 heavy (non-hydrogen) atoms. The summed E-state index contributed by atoms with van der Waals surface area (Å²) in [5.74, 6) is -0.351. The smallest absolute Gasteiger partial charge is 0.354 e. The van der Waals surface area contributed by atoms with Gasteiger partial charge in [0.25, 0.3) is 0 Å². The van der Waals surface area contributed by atoms with Crippen molar-refractivity contribution in [1.82, 2.24) is 0 Å². The molecule has 0 heterocycles. The molecule has 0 aromatic heterocycles. The summed E-state index contributed by atoms with van der Waals surface area (Å²) >= 11 is 0. The Morgan fingerprint density at radius 3 is 2.53 bits per heavy atom. The quantitative estimate of drug-likeness (QED) is 0.484. The Balaban J connectivity index is 2.74. The largest absolute Gasteiger partial charge is 0.461 e. The predicted octanol–water partition coefficient (Wildman–Crippen LogP) is 2.67. The van der Waals surface area contributed by atoms with Gasteiger partial charge in [-0.2, -0.15) is 5.10 Å². The summed E-state index contributed by atoms with van der Waals surface area (Å²) in [7, 11) is 0. The van der Waals surface area contributed by atoms with E-state index in [9.17, 15) is 4.79 Å². The molecular formula is C13H18N2O2. The number of carbonyl (C=O) groups is 1. The van der Waals surface area contributed by atoms with Crippen LogP contribution in [0.25, 0.3) is 0 Å². The molecule has 4 nitrogen and oxygen atoms in total. The number of nitrogens with zero attached hydrogens (tertiary/aromatic N) is 1. The van der Waals surface area contributed by atoms with Gasteiger partial charge in [-0.1, -0.05) is 32.0 Å². The van der Waals surface area contributed by atoms with Crippen LogP contribution >= 0.6 is 0 Å². The van der Waals surface area contributed by atoms with Crippen molar-refractivity contribution in [2.24, 2.45) is 11.0 Å². The van der Waals surface area contributed by atoms with E-state index < -0.39 is 0 Å². The van der Waals surface area contributed by atoms with Crippen LogP contribution in [0.2, 0.25) is 0 Å². The number of benzene rings is 1. The molecule has 4 heteroatoms. The van der Waals surface area contributed by atoms with Crippen molar-refractivity contribution in [1.29, 1.82) is 0 Å². The Kier molecular flexibility index (Phi) is 5.20. The molecular weight excluding hydrogens is 216 g/mol. The van der Waals surface area contributed by atoms with Gasteiger partial charge in [0.1, 0.15) is 5.71 Å². The Labute approximate surface area is 102 Å². The van der Waals surface area contributed by atoms with Crippen molar-refractivity contribution in [2.75, 3.05) is 12.0 Å². The number of hydrazone groups is 1. The minimum Gasteiger partial charge on any atom is -0.461 e. The number of esters is 1. The maximum Gasteiger partial charge on any atom is 0.354 e. The van der Waals surface area contributed by atoms with Crippen LogP contribution in [-0.4, -0.2) is 18.3 Å². The molecule has 0 radical (unpaired) electrons. The average Bonchev–Trinajstić information content (AvgIpc) is 2.30. The number of nitrogens with one attached hydrogen (secondary N) is 1. The van der Waals surface area contributed by atoms with Gasteiger partial charge < -0.3 is 4.74 Å². The molecule has 0 aliphatic carbocycles. The van der Waals surface area contributed by atoms with Gasteiger partial charge in [-0.15, -0.1) is 0 Å². The molecule has 0 fully saturated rings. The van der Waals surface area contributed by atoms with E-state index in [1.807, 2.05) is 44.2 Å². The van der Waals surface area contributed by atoms with Gasteiger partial charge in [0.05, 0.1) is 12.3 Å². The molecule has 92 valence electrons. The standard InChI is InChI=1S/C13H18N2O2/c1-4-17-13(16)12(10(2)3)15-14-11-8-6-5-7-9-11/h5-10,14H,4H2,1-3H3/b15-12-. The fourth-order valence-electron chi connectivity index (χ4n) is 1.25. The van der Waals surface area contributed by atoms with E-state index in [0.29, 0.717) is 12.3 Å². The highest BCUT2D eigenvalue weighted by molar-refractivity contribution is 6.37. The second-order valence-corrected chi connectivity index (χ2v) is 3.85. The fraction of sp³-hybridized carbons (Fsp3) is 0.385. The van der Waals surface area contributed by atoms with Crippen molar-refractivity contribution >= 4 is 17.4 Å². The molecule has 0 saturated heterocycles. The minimum atomic E-state index is -0.370. The molecule has 0 aliphatic rings. The molecule has 0 aliphatic heterocycles. The van der Waals surface area contributed by atoms with E-state index in [1.165, 1.54) is 0 Å². The van der Waals surface area contributed by atoms with Gasteiger partial charge in [-0.05, 0) is 19.1 Å². The summed E-state index contributed by atoms with van der Waals surface area (Å²) in [6.07, 6.45) is 0. The minimum absolute atomic E-state index is 0.0188. The van der Waals surface area contributed by atoms with Crippen LogP contribution in [0.4, 0.5) is 5.69 Å². The van der Waals surface area contributed by atoms with Crippen LogP contribution < -0.4 is 5.43 Å². The van der Waals surface area contributed by atoms with E-state index in [0.717, 1.165) is 5.69 Å². The number of carbonyl (C=O) groups excluding carboxylic acids is 1. The highest BCUT2D eigenvalue weighted by Gasteiger charge is 2.16. The molecule has 1 rings (SSSR count). The highest BCUT2D eigenvalue weighted by atomic mass is 16.5. The molecule has 0 amide bonds. The summed E-state index contributed by atoms with van der Waals surface area (Å²) in [5.41, 5.74) is 4.09. The highest BCUT2D eigenvalue weighted by Crippen LogP contribution is 2.07. The van der Waals surface area contributed by atoms with E-state index >= 15 is 0 Å². The zero-order valence-electron chi connectivity index (χ0n) is 10.4. The Morgan fingerprint density at radius 2 is 2.00 bits per heavy atom. The summed E-state index contributed by atoms with van der Waals surface area (Å²) < 4.78 is 4.94. The second-order valence-electron chi connectivity index (χ2n) is 3.85. The second kappa shape index (κ2) is 6.68. The van der Waals surface area contributed by atoms with Crippen molar-refractivity contribution in [3.63, 3.8) is 0 Å². The van der Waals surface area contributed by atoms with Crippen molar-refractivity contribution < 1.29 is 9.53 Å². The molecule has 0 atom stereocenters. The van der Waals surface area contributed by atoms with Gasteiger partial charge in [0, 0.05) is 5.92 Å². The van der Waals surface area contributed by atoms with Crippen LogP contribution in [0.5, 0.6) is 0 Å². The summed E-state index contributed by atoms with van der Waals surface area (Å²) in [5, 5.41) is 4.10. The number of para-hydroxylation sites is 1. The van der Waals surface area contributed by atoms with Crippen molar-refractivity contribution in [3.05, 3.63) is 30.3 Å². The molecule has 0 spiro atoms. The molecule has 1 N–H and O–H groups in total. The van der Waals surface area contributed by atoms with Crippen LogP contribution in [0.3, 0.4) is 0 Å². The third kappa shape index (κ3) is 4.26. The van der Waals surface area contributed by atoms with E-state index in [4.69, 9.17) is 4.74 Å². The van der Waals surface area contributed by atoms with Gasteiger partial charge in [0.2, 0.25) is 0 Å². The first-order chi connectivity index (χ1) is 8.15. The third-order valence-corrected chi connectivity index (χ3v) is 2.11. The maximum atomic E-state index is 11.6. The monoisotopic (exact) mass is 234 g/mol. The van der Waals surface area contributed by atoms with Crippen LogP contribution in [0, 0.1) is 5.92 Å². The zero-order valence-corrected chi connectivity index (χ0v) is 10.4. The molecule has 0 saturated carbocycles. The lowest BCUT2D eigenvalue weighted by Gasteiger charge is -2.09. The number of rotatable bonds is 5. The van der Waals surface area contributed by atoms with Crippen molar-refractivity contribution in [3.8, 4) is 0 Å². The van der Waals surface area contributed by atoms with Gasteiger partial charge in [-0.3, -0.25) is 5.43 Å². The van der Waals surface area contributed by atoms with Gasteiger partial charge in [0.15, 0.2) is 0 Å². The van der Waals surface area contributed by atoms with Gasteiger partial charge >= 0.3 is 5.97 Å². The van der Waals surface area contributed by atoms with Gasteiger partial charge in [-0.25, -0.2) is 4.79 Å². The maximum absolute atomic E-state index is 11.6. The lowest BCUT2D eigenvalue weighted by Crippen LogP contribution is -2.24. The summed E-state index contributed by atoms with van der Waals surface area (Å²) in [4.78, 5) is 11.6. The lowest BCUT2D eigenvalue weighted by atomic mass is 10.1. The third-order valence-electron chi connectivity index (χ3n) is 2.11. The van der Waals surface area contributed by atoms with E-state index in [-0.39, 0.29) is 11.9 Å². The molecule has 0 bridgehead atoms. The summed E-state index contributed by atoms with van der Waals surface area (Å²) in [6, 6.07) is 9.48.